The fraction of sp³-hybridized carbons (Fsp3) is 0. The van der Waals surface area contributed by atoms with Gasteiger partial charge in [0.25, 0.3) is 5.91 Å². The molecule has 0 fully saturated rings. The minimum absolute atomic E-state index is 0.251. The van der Waals surface area contributed by atoms with Crippen LogP contribution in [0.3, 0.4) is 0 Å². The molecule has 2 aromatic carbocycles. The number of hydrogen-bond acceptors (Lipinski definition) is 5. The van der Waals surface area contributed by atoms with E-state index in [1.54, 1.807) is 36.4 Å². The average Bonchev–Trinajstić information content (AvgIpc) is 2.44. The van der Waals surface area contributed by atoms with Crippen LogP contribution >= 0.6 is 0 Å². The molecule has 2 rings (SSSR count). The zero-order valence-electron chi connectivity index (χ0n) is 10.4. The number of nitrogens with two attached hydrogens (primary N) is 1. The largest absolute Gasteiger partial charge is 0.504 e. The van der Waals surface area contributed by atoms with Gasteiger partial charge in [-0.2, -0.15) is 5.10 Å². The maximum absolute atomic E-state index is 11.7. The summed E-state index contributed by atoms with van der Waals surface area (Å²) in [7, 11) is 0. The molecule has 20 heavy (non-hydrogen) atoms. The van der Waals surface area contributed by atoms with E-state index in [0.717, 1.165) is 0 Å². The lowest BCUT2D eigenvalue weighted by atomic mass is 10.2. The van der Waals surface area contributed by atoms with E-state index >= 15 is 0 Å². The van der Waals surface area contributed by atoms with E-state index < -0.39 is 5.91 Å². The van der Waals surface area contributed by atoms with Gasteiger partial charge in [0.15, 0.2) is 11.5 Å². The third-order valence-electron chi connectivity index (χ3n) is 2.59. The number of carbonyl (C=O) groups is 1. The molecule has 0 radical (unpaired) electrons. The van der Waals surface area contributed by atoms with Crippen LogP contribution in [0.5, 0.6) is 11.5 Å². The summed E-state index contributed by atoms with van der Waals surface area (Å²) in [5, 5.41) is 22.6. The first-order chi connectivity index (χ1) is 9.58. The standard InChI is InChI=1S/C14H13N3O3/c15-11-6-4-9(5-7-11)14(20)17-16-8-10-2-1-3-12(18)13(10)19/h1-8,18-19H,15H2,(H,17,20)/b16-8+. The molecule has 5 N–H and O–H groups in total. The van der Waals surface area contributed by atoms with E-state index in [4.69, 9.17) is 5.73 Å². The molecule has 0 unspecified atom stereocenters. The summed E-state index contributed by atoms with van der Waals surface area (Å²) in [5.74, 6) is -0.947. The number of hydrazone groups is 1. The molecule has 0 aliphatic heterocycles. The first kappa shape index (κ1) is 13.4. The number of carbonyl (C=O) groups excluding carboxylic acids is 1. The SMILES string of the molecule is Nc1ccc(C(=O)N/N=C/c2cccc(O)c2O)cc1. The second kappa shape index (κ2) is 5.75. The predicted molar refractivity (Wildman–Crippen MR) is 75.7 cm³/mol. The summed E-state index contributed by atoms with van der Waals surface area (Å²) < 4.78 is 0. The summed E-state index contributed by atoms with van der Waals surface area (Å²) in [5.41, 5.74) is 9.10. The van der Waals surface area contributed by atoms with E-state index in [1.807, 2.05) is 0 Å². The van der Waals surface area contributed by atoms with Crippen molar-refractivity contribution >= 4 is 17.8 Å². The Labute approximate surface area is 115 Å². The van der Waals surface area contributed by atoms with Crippen molar-refractivity contribution in [1.29, 1.82) is 0 Å². The molecule has 0 atom stereocenters. The summed E-state index contributed by atoms with van der Waals surface area (Å²) in [4.78, 5) is 11.7. The Morgan fingerprint density at radius 3 is 2.55 bits per heavy atom. The van der Waals surface area contributed by atoms with Gasteiger partial charge >= 0.3 is 0 Å². The number of nitrogen functional groups attached to an aromatic ring is 1. The molecule has 0 aliphatic carbocycles. The van der Waals surface area contributed by atoms with Gasteiger partial charge in [-0.25, -0.2) is 5.43 Å². The third kappa shape index (κ3) is 3.05. The van der Waals surface area contributed by atoms with Crippen LogP contribution in [0.1, 0.15) is 15.9 Å². The van der Waals surface area contributed by atoms with Gasteiger partial charge in [-0.1, -0.05) is 6.07 Å². The van der Waals surface area contributed by atoms with Crippen LogP contribution in [0.2, 0.25) is 0 Å². The second-order valence-electron chi connectivity index (χ2n) is 4.04. The van der Waals surface area contributed by atoms with Crippen LogP contribution in [0.15, 0.2) is 47.6 Å². The van der Waals surface area contributed by atoms with E-state index in [9.17, 15) is 15.0 Å². The van der Waals surface area contributed by atoms with Gasteiger partial charge in [0.2, 0.25) is 0 Å². The first-order valence-electron chi connectivity index (χ1n) is 5.78. The van der Waals surface area contributed by atoms with Crippen LogP contribution in [-0.2, 0) is 0 Å². The Morgan fingerprint density at radius 1 is 1.15 bits per heavy atom. The summed E-state index contributed by atoms with van der Waals surface area (Å²) in [6.07, 6.45) is 1.24. The zero-order chi connectivity index (χ0) is 14.5. The van der Waals surface area contributed by atoms with E-state index in [-0.39, 0.29) is 11.5 Å². The van der Waals surface area contributed by atoms with Crippen molar-refractivity contribution in [3.8, 4) is 11.5 Å². The number of nitrogens with zero attached hydrogens (tertiary/aromatic N) is 1. The fourth-order valence-electron chi connectivity index (χ4n) is 1.51. The number of benzene rings is 2. The number of anilines is 1. The molecule has 0 spiro atoms. The molecular formula is C14H13N3O3. The van der Waals surface area contributed by atoms with Crippen molar-refractivity contribution in [2.24, 2.45) is 5.10 Å². The third-order valence-corrected chi connectivity index (χ3v) is 2.59. The van der Waals surface area contributed by atoms with Crippen LogP contribution in [0, 0.1) is 0 Å². The van der Waals surface area contributed by atoms with Crippen molar-refractivity contribution in [3.05, 3.63) is 53.6 Å². The van der Waals surface area contributed by atoms with Gasteiger partial charge in [0.05, 0.1) is 6.21 Å². The Hall–Kier alpha value is -3.02. The lowest BCUT2D eigenvalue weighted by Crippen LogP contribution is -2.17. The lowest BCUT2D eigenvalue weighted by molar-refractivity contribution is 0.0955. The van der Waals surface area contributed by atoms with Crippen LogP contribution < -0.4 is 11.2 Å². The molecule has 0 heterocycles. The highest BCUT2D eigenvalue weighted by molar-refractivity contribution is 5.95. The molecule has 0 aliphatic rings. The topological polar surface area (TPSA) is 108 Å². The van der Waals surface area contributed by atoms with Gasteiger partial charge in [-0.3, -0.25) is 4.79 Å². The average molecular weight is 271 g/mol. The van der Waals surface area contributed by atoms with Gasteiger partial charge in [0, 0.05) is 16.8 Å². The number of nitrogens with one attached hydrogen (secondary N) is 1. The van der Waals surface area contributed by atoms with Crippen molar-refractivity contribution in [2.75, 3.05) is 5.73 Å². The Balaban J connectivity index is 2.04. The first-order valence-corrected chi connectivity index (χ1v) is 5.78. The quantitative estimate of drug-likeness (QED) is 0.293. The predicted octanol–water partition coefficient (Wildman–Crippen LogP) is 1.44. The maximum atomic E-state index is 11.7. The van der Waals surface area contributed by atoms with Crippen molar-refractivity contribution in [3.63, 3.8) is 0 Å². The minimum Gasteiger partial charge on any atom is -0.504 e. The molecule has 0 bridgehead atoms. The van der Waals surface area contributed by atoms with E-state index in [0.29, 0.717) is 16.8 Å². The molecule has 6 heteroatoms. The number of phenols is 2. The number of aromatic hydroxyl groups is 2. The van der Waals surface area contributed by atoms with Gasteiger partial charge in [0.1, 0.15) is 0 Å². The highest BCUT2D eigenvalue weighted by atomic mass is 16.3. The molecule has 1 amide bonds. The monoisotopic (exact) mass is 271 g/mol. The molecule has 6 nitrogen and oxygen atoms in total. The summed E-state index contributed by atoms with van der Waals surface area (Å²) in [6, 6.07) is 10.8. The second-order valence-corrected chi connectivity index (χ2v) is 4.04. The normalized spacial score (nSPS) is 10.6. The molecule has 0 saturated carbocycles. The summed E-state index contributed by atoms with van der Waals surface area (Å²) >= 11 is 0. The fourth-order valence-corrected chi connectivity index (χ4v) is 1.51. The lowest BCUT2D eigenvalue weighted by Gasteiger charge is -2.02. The van der Waals surface area contributed by atoms with Crippen LogP contribution in [0.4, 0.5) is 5.69 Å². The Kier molecular flexibility index (Phi) is 3.85. The Morgan fingerprint density at radius 2 is 1.85 bits per heavy atom. The van der Waals surface area contributed by atoms with Gasteiger partial charge in [-0.05, 0) is 36.4 Å². The molecule has 0 aromatic heterocycles. The minimum atomic E-state index is -0.402. The summed E-state index contributed by atoms with van der Waals surface area (Å²) in [6.45, 7) is 0. The van der Waals surface area contributed by atoms with E-state index in [1.165, 1.54) is 12.3 Å². The van der Waals surface area contributed by atoms with Crippen LogP contribution in [-0.4, -0.2) is 22.3 Å². The van der Waals surface area contributed by atoms with Gasteiger partial charge < -0.3 is 15.9 Å². The molecular weight excluding hydrogens is 258 g/mol. The molecule has 102 valence electrons. The van der Waals surface area contributed by atoms with Crippen LogP contribution in [0.25, 0.3) is 0 Å². The maximum Gasteiger partial charge on any atom is 0.271 e. The van der Waals surface area contributed by atoms with Crippen molar-refractivity contribution in [2.45, 2.75) is 0 Å². The number of hydrogen-bond donors (Lipinski definition) is 4. The number of rotatable bonds is 3. The highest BCUT2D eigenvalue weighted by Gasteiger charge is 2.05. The van der Waals surface area contributed by atoms with Gasteiger partial charge in [-0.15, -0.1) is 0 Å². The van der Waals surface area contributed by atoms with Crippen molar-refractivity contribution in [1.82, 2.24) is 5.43 Å². The Bertz CT molecular complexity index is 651. The highest BCUT2D eigenvalue weighted by Crippen LogP contribution is 2.26. The molecule has 0 saturated heterocycles. The smallest absolute Gasteiger partial charge is 0.271 e. The number of amides is 1. The molecule has 2 aromatic rings. The number of para-hydroxylation sites is 1. The van der Waals surface area contributed by atoms with Crippen molar-refractivity contribution < 1.29 is 15.0 Å². The number of phenolic OH excluding ortho intramolecular Hbond substituents is 2. The van der Waals surface area contributed by atoms with E-state index in [2.05, 4.69) is 10.5 Å². The zero-order valence-corrected chi connectivity index (χ0v) is 10.4.